The fourth-order valence-electron chi connectivity index (χ4n) is 1.09. The Bertz CT molecular complexity index is 309. The highest BCUT2D eigenvalue weighted by molar-refractivity contribution is 5.93. The Kier molecular flexibility index (Phi) is 3.64. The summed E-state index contributed by atoms with van der Waals surface area (Å²) in [7, 11) is 0. The first-order valence-corrected chi connectivity index (χ1v) is 4.63. The number of nitrogens with two attached hydrogens (primary N) is 1. The minimum atomic E-state index is -0.475. The zero-order chi connectivity index (χ0) is 10.6. The van der Waals surface area contributed by atoms with Gasteiger partial charge >= 0.3 is 0 Å². The average molecular weight is 197 g/mol. The molecule has 0 unspecified atom stereocenters. The van der Waals surface area contributed by atoms with Gasteiger partial charge in [-0.05, 0) is 13.3 Å². The minimum Gasteiger partial charge on any atom is -0.360 e. The Morgan fingerprint density at radius 3 is 3.00 bits per heavy atom. The number of aryl methyl sites for hydroxylation is 1. The maximum atomic E-state index is 11.4. The number of hydrogen-bond donors (Lipinski definition) is 2. The van der Waals surface area contributed by atoms with Crippen molar-refractivity contribution in [1.29, 1.82) is 0 Å². The Balaban J connectivity index is 2.48. The second-order valence-electron chi connectivity index (χ2n) is 3.21. The van der Waals surface area contributed by atoms with Crippen LogP contribution >= 0.6 is 0 Å². The van der Waals surface area contributed by atoms with Gasteiger partial charge in [0, 0.05) is 6.07 Å². The van der Waals surface area contributed by atoms with E-state index in [1.807, 2.05) is 6.92 Å². The largest absolute Gasteiger partial charge is 0.360 e. The smallest absolute Gasteiger partial charge is 0.242 e. The first-order valence-electron chi connectivity index (χ1n) is 4.63. The van der Waals surface area contributed by atoms with Crippen LogP contribution in [-0.4, -0.2) is 17.1 Å². The van der Waals surface area contributed by atoms with Gasteiger partial charge in [0.2, 0.25) is 5.91 Å². The van der Waals surface area contributed by atoms with Gasteiger partial charge in [-0.1, -0.05) is 18.5 Å². The molecule has 1 atom stereocenters. The van der Waals surface area contributed by atoms with E-state index in [1.165, 1.54) is 0 Å². The standard InChI is InChI=1S/C9H15N3O2/c1-3-4-7(10)9(13)11-8-5-6(2)14-12-8/h5,7H,3-4,10H2,1-2H3,(H,11,12,13)/t7-/m1/s1. The van der Waals surface area contributed by atoms with Gasteiger partial charge in [0.15, 0.2) is 5.82 Å². The van der Waals surface area contributed by atoms with Gasteiger partial charge < -0.3 is 15.6 Å². The van der Waals surface area contributed by atoms with Gasteiger partial charge in [-0.2, -0.15) is 0 Å². The first kappa shape index (κ1) is 10.7. The predicted octanol–water partition coefficient (Wildman–Crippen LogP) is 1.05. The number of carbonyl (C=O) groups excluding carboxylic acids is 1. The van der Waals surface area contributed by atoms with Crippen LogP contribution in [0, 0.1) is 6.92 Å². The fourth-order valence-corrected chi connectivity index (χ4v) is 1.09. The molecule has 0 saturated carbocycles. The lowest BCUT2D eigenvalue weighted by Gasteiger charge is -2.08. The van der Waals surface area contributed by atoms with Crippen LogP contribution in [0.4, 0.5) is 5.82 Å². The van der Waals surface area contributed by atoms with E-state index in [2.05, 4.69) is 10.5 Å². The molecule has 1 heterocycles. The number of carbonyl (C=O) groups is 1. The lowest BCUT2D eigenvalue weighted by molar-refractivity contribution is -0.117. The van der Waals surface area contributed by atoms with Crippen LogP contribution in [0.25, 0.3) is 0 Å². The third-order valence-corrected chi connectivity index (χ3v) is 1.82. The number of nitrogens with one attached hydrogen (secondary N) is 1. The van der Waals surface area contributed by atoms with E-state index >= 15 is 0 Å². The number of amides is 1. The summed E-state index contributed by atoms with van der Waals surface area (Å²) in [4.78, 5) is 11.4. The highest BCUT2D eigenvalue weighted by Gasteiger charge is 2.13. The maximum Gasteiger partial charge on any atom is 0.242 e. The quantitative estimate of drug-likeness (QED) is 0.755. The molecule has 0 spiro atoms. The molecule has 0 fully saturated rings. The molecule has 0 aromatic carbocycles. The van der Waals surface area contributed by atoms with E-state index in [9.17, 15) is 4.79 Å². The topological polar surface area (TPSA) is 81.2 Å². The first-order chi connectivity index (χ1) is 6.63. The van der Waals surface area contributed by atoms with Crippen LogP contribution in [0.2, 0.25) is 0 Å². The molecule has 1 rings (SSSR count). The van der Waals surface area contributed by atoms with Crippen molar-refractivity contribution in [3.63, 3.8) is 0 Å². The summed E-state index contributed by atoms with van der Waals surface area (Å²) in [5, 5.41) is 6.21. The number of anilines is 1. The van der Waals surface area contributed by atoms with Crippen molar-refractivity contribution in [2.45, 2.75) is 32.7 Å². The SMILES string of the molecule is CCC[C@@H](N)C(=O)Nc1cc(C)on1. The van der Waals surface area contributed by atoms with E-state index in [0.29, 0.717) is 18.0 Å². The molecule has 78 valence electrons. The normalized spacial score (nSPS) is 12.5. The summed E-state index contributed by atoms with van der Waals surface area (Å²) in [6.45, 7) is 3.74. The summed E-state index contributed by atoms with van der Waals surface area (Å²) >= 11 is 0. The summed E-state index contributed by atoms with van der Waals surface area (Å²) in [5.41, 5.74) is 5.61. The zero-order valence-electron chi connectivity index (χ0n) is 8.41. The van der Waals surface area contributed by atoms with Crippen molar-refractivity contribution >= 4 is 11.7 Å². The molecule has 5 heteroatoms. The maximum absolute atomic E-state index is 11.4. The van der Waals surface area contributed by atoms with Gasteiger partial charge in [0.1, 0.15) is 5.76 Å². The lowest BCUT2D eigenvalue weighted by Crippen LogP contribution is -2.35. The van der Waals surface area contributed by atoms with Gasteiger partial charge in [0.25, 0.3) is 0 Å². The number of hydrogen-bond acceptors (Lipinski definition) is 4. The molecule has 0 aliphatic heterocycles. The van der Waals surface area contributed by atoms with Gasteiger partial charge in [-0.25, -0.2) is 0 Å². The molecule has 3 N–H and O–H groups in total. The van der Waals surface area contributed by atoms with Crippen molar-refractivity contribution in [2.24, 2.45) is 5.73 Å². The Hall–Kier alpha value is -1.36. The third-order valence-electron chi connectivity index (χ3n) is 1.82. The molecule has 0 saturated heterocycles. The average Bonchev–Trinajstić information content (AvgIpc) is 2.51. The molecule has 1 aromatic rings. The molecule has 0 bridgehead atoms. The molecule has 0 aliphatic carbocycles. The van der Waals surface area contributed by atoms with E-state index in [-0.39, 0.29) is 5.91 Å². The van der Waals surface area contributed by atoms with Crippen LogP contribution in [0.15, 0.2) is 10.6 Å². The van der Waals surface area contributed by atoms with Gasteiger partial charge in [-0.3, -0.25) is 4.79 Å². The second kappa shape index (κ2) is 4.76. The van der Waals surface area contributed by atoms with Crippen molar-refractivity contribution in [3.05, 3.63) is 11.8 Å². The highest BCUT2D eigenvalue weighted by Crippen LogP contribution is 2.07. The minimum absolute atomic E-state index is 0.222. The molecular weight excluding hydrogens is 182 g/mol. The van der Waals surface area contributed by atoms with Crippen LogP contribution in [0.5, 0.6) is 0 Å². The van der Waals surface area contributed by atoms with Crippen molar-refractivity contribution in [2.75, 3.05) is 5.32 Å². The molecule has 1 amide bonds. The third kappa shape index (κ3) is 2.85. The van der Waals surface area contributed by atoms with Crippen LogP contribution in [0.1, 0.15) is 25.5 Å². The van der Waals surface area contributed by atoms with Crippen molar-refractivity contribution in [1.82, 2.24) is 5.16 Å². The van der Waals surface area contributed by atoms with Crippen LogP contribution < -0.4 is 11.1 Å². The molecule has 5 nitrogen and oxygen atoms in total. The summed E-state index contributed by atoms with van der Waals surface area (Å²) in [6.07, 6.45) is 1.55. The molecule has 0 aliphatic rings. The van der Waals surface area contributed by atoms with E-state index in [0.717, 1.165) is 6.42 Å². The lowest BCUT2D eigenvalue weighted by atomic mass is 10.2. The van der Waals surface area contributed by atoms with E-state index in [4.69, 9.17) is 10.3 Å². The second-order valence-corrected chi connectivity index (χ2v) is 3.21. The molecule has 0 radical (unpaired) electrons. The molecule has 14 heavy (non-hydrogen) atoms. The van der Waals surface area contributed by atoms with Crippen molar-refractivity contribution in [3.8, 4) is 0 Å². The Morgan fingerprint density at radius 1 is 1.79 bits per heavy atom. The van der Waals surface area contributed by atoms with Crippen LogP contribution in [-0.2, 0) is 4.79 Å². The monoisotopic (exact) mass is 197 g/mol. The van der Waals surface area contributed by atoms with Crippen LogP contribution in [0.3, 0.4) is 0 Å². The molecule has 1 aromatic heterocycles. The van der Waals surface area contributed by atoms with Gasteiger partial charge in [-0.15, -0.1) is 0 Å². The summed E-state index contributed by atoms with van der Waals surface area (Å²) < 4.78 is 4.80. The van der Waals surface area contributed by atoms with E-state index < -0.39 is 6.04 Å². The summed E-state index contributed by atoms with van der Waals surface area (Å²) in [6, 6.07) is 1.17. The van der Waals surface area contributed by atoms with Gasteiger partial charge in [0.05, 0.1) is 6.04 Å². The fraction of sp³-hybridized carbons (Fsp3) is 0.556. The Morgan fingerprint density at radius 2 is 2.50 bits per heavy atom. The summed E-state index contributed by atoms with van der Waals surface area (Å²) in [5.74, 6) is 0.851. The predicted molar refractivity (Wildman–Crippen MR) is 52.8 cm³/mol. The molecular formula is C9H15N3O2. The number of nitrogens with zero attached hydrogens (tertiary/aromatic N) is 1. The Labute approximate surface area is 82.6 Å². The highest BCUT2D eigenvalue weighted by atomic mass is 16.5. The number of rotatable bonds is 4. The van der Waals surface area contributed by atoms with Crippen molar-refractivity contribution < 1.29 is 9.32 Å². The zero-order valence-corrected chi connectivity index (χ0v) is 8.41. The van der Waals surface area contributed by atoms with E-state index in [1.54, 1.807) is 13.0 Å². The number of aromatic nitrogens is 1.